The van der Waals surface area contributed by atoms with Crippen molar-refractivity contribution in [2.24, 2.45) is 0 Å². The van der Waals surface area contributed by atoms with Gasteiger partial charge in [-0.2, -0.15) is 0 Å². The minimum Gasteiger partial charge on any atom is -0.399 e. The zero-order valence-corrected chi connectivity index (χ0v) is 6.76. The molecule has 1 fully saturated rings. The SMILES string of the molecule is Nc1cc(F)cc(N2CCC2)c1. The minimum absolute atomic E-state index is 0.253. The molecule has 1 heterocycles. The number of rotatable bonds is 1. The average molecular weight is 166 g/mol. The number of halogens is 1. The Bertz CT molecular complexity index is 274. The summed E-state index contributed by atoms with van der Waals surface area (Å²) < 4.78 is 12.8. The second kappa shape index (κ2) is 2.66. The molecular formula is C9H11FN2. The van der Waals surface area contributed by atoms with Gasteiger partial charge in [0, 0.05) is 24.5 Å². The van der Waals surface area contributed by atoms with Gasteiger partial charge in [0.1, 0.15) is 5.82 Å². The van der Waals surface area contributed by atoms with E-state index in [0.717, 1.165) is 18.8 Å². The lowest BCUT2D eigenvalue weighted by Gasteiger charge is -2.33. The lowest BCUT2D eigenvalue weighted by Crippen LogP contribution is -2.37. The molecule has 3 heteroatoms. The molecule has 1 saturated heterocycles. The van der Waals surface area contributed by atoms with Gasteiger partial charge in [0.05, 0.1) is 0 Å². The van der Waals surface area contributed by atoms with Gasteiger partial charge in [0.2, 0.25) is 0 Å². The van der Waals surface area contributed by atoms with Gasteiger partial charge in [-0.1, -0.05) is 0 Å². The van der Waals surface area contributed by atoms with Crippen LogP contribution in [0.5, 0.6) is 0 Å². The molecule has 12 heavy (non-hydrogen) atoms. The third-order valence-corrected chi connectivity index (χ3v) is 2.13. The van der Waals surface area contributed by atoms with Crippen LogP contribution in [0.15, 0.2) is 18.2 Å². The number of anilines is 2. The Morgan fingerprint density at radius 2 is 2.00 bits per heavy atom. The number of hydrogen-bond donors (Lipinski definition) is 1. The number of hydrogen-bond acceptors (Lipinski definition) is 2. The smallest absolute Gasteiger partial charge is 0.127 e. The van der Waals surface area contributed by atoms with Crippen LogP contribution in [-0.2, 0) is 0 Å². The van der Waals surface area contributed by atoms with Crippen LogP contribution < -0.4 is 10.6 Å². The lowest BCUT2D eigenvalue weighted by atomic mass is 10.1. The van der Waals surface area contributed by atoms with Crippen LogP contribution >= 0.6 is 0 Å². The highest BCUT2D eigenvalue weighted by Gasteiger charge is 2.14. The minimum atomic E-state index is -0.253. The molecule has 0 aliphatic carbocycles. The van der Waals surface area contributed by atoms with E-state index in [2.05, 4.69) is 4.90 Å². The molecule has 2 rings (SSSR count). The maximum Gasteiger partial charge on any atom is 0.127 e. The fourth-order valence-corrected chi connectivity index (χ4v) is 1.35. The van der Waals surface area contributed by atoms with Gasteiger partial charge in [-0.25, -0.2) is 4.39 Å². The first-order chi connectivity index (χ1) is 5.75. The van der Waals surface area contributed by atoms with Gasteiger partial charge in [0.15, 0.2) is 0 Å². The summed E-state index contributed by atoms with van der Waals surface area (Å²) in [6, 6.07) is 4.67. The first kappa shape index (κ1) is 7.40. The highest BCUT2D eigenvalue weighted by molar-refractivity contribution is 5.57. The van der Waals surface area contributed by atoms with E-state index in [-0.39, 0.29) is 5.82 Å². The van der Waals surface area contributed by atoms with E-state index in [9.17, 15) is 4.39 Å². The molecule has 0 spiro atoms. The van der Waals surface area contributed by atoms with Crippen molar-refractivity contribution in [3.05, 3.63) is 24.0 Å². The largest absolute Gasteiger partial charge is 0.399 e. The Hall–Kier alpha value is -1.25. The fourth-order valence-electron chi connectivity index (χ4n) is 1.35. The summed E-state index contributed by atoms with van der Waals surface area (Å²) in [5.41, 5.74) is 6.91. The van der Waals surface area contributed by atoms with Crippen molar-refractivity contribution in [3.63, 3.8) is 0 Å². The van der Waals surface area contributed by atoms with Crippen LogP contribution in [-0.4, -0.2) is 13.1 Å². The second-order valence-corrected chi connectivity index (χ2v) is 3.08. The topological polar surface area (TPSA) is 29.3 Å². The molecule has 0 bridgehead atoms. The maximum absolute atomic E-state index is 12.8. The second-order valence-electron chi connectivity index (χ2n) is 3.08. The lowest BCUT2D eigenvalue weighted by molar-refractivity contribution is 0.604. The van der Waals surface area contributed by atoms with E-state index in [1.165, 1.54) is 18.6 Å². The molecule has 0 radical (unpaired) electrons. The van der Waals surface area contributed by atoms with Crippen LogP contribution in [0.3, 0.4) is 0 Å². The van der Waals surface area contributed by atoms with E-state index in [0.29, 0.717) is 5.69 Å². The molecule has 0 aromatic heterocycles. The highest BCUT2D eigenvalue weighted by Crippen LogP contribution is 2.23. The number of nitrogen functional groups attached to an aromatic ring is 1. The van der Waals surface area contributed by atoms with Crippen LogP contribution in [0, 0.1) is 5.82 Å². The van der Waals surface area contributed by atoms with Crippen LogP contribution in [0.2, 0.25) is 0 Å². The molecule has 1 aliphatic heterocycles. The number of nitrogens with zero attached hydrogens (tertiary/aromatic N) is 1. The van der Waals surface area contributed by atoms with Crippen molar-refractivity contribution in [1.82, 2.24) is 0 Å². The number of nitrogens with two attached hydrogens (primary N) is 1. The van der Waals surface area contributed by atoms with E-state index < -0.39 is 0 Å². The summed E-state index contributed by atoms with van der Waals surface area (Å²) in [7, 11) is 0. The first-order valence-electron chi connectivity index (χ1n) is 4.07. The zero-order valence-electron chi connectivity index (χ0n) is 6.76. The van der Waals surface area contributed by atoms with Gasteiger partial charge in [-0.05, 0) is 24.6 Å². The summed E-state index contributed by atoms with van der Waals surface area (Å²) in [6.07, 6.45) is 1.19. The molecule has 2 nitrogen and oxygen atoms in total. The van der Waals surface area contributed by atoms with Gasteiger partial charge in [-0.3, -0.25) is 0 Å². The molecule has 0 saturated carbocycles. The van der Waals surface area contributed by atoms with Crippen molar-refractivity contribution in [3.8, 4) is 0 Å². The van der Waals surface area contributed by atoms with E-state index in [4.69, 9.17) is 5.73 Å². The Morgan fingerprint density at radius 3 is 2.50 bits per heavy atom. The van der Waals surface area contributed by atoms with Gasteiger partial charge in [0.25, 0.3) is 0 Å². The fraction of sp³-hybridized carbons (Fsp3) is 0.333. The molecule has 1 aromatic rings. The third-order valence-electron chi connectivity index (χ3n) is 2.13. The van der Waals surface area contributed by atoms with Crippen molar-refractivity contribution in [2.45, 2.75) is 6.42 Å². The van der Waals surface area contributed by atoms with Crippen molar-refractivity contribution < 1.29 is 4.39 Å². The Labute approximate surface area is 70.8 Å². The van der Waals surface area contributed by atoms with Crippen LogP contribution in [0.4, 0.5) is 15.8 Å². The zero-order chi connectivity index (χ0) is 8.55. The van der Waals surface area contributed by atoms with E-state index in [1.807, 2.05) is 6.07 Å². The predicted molar refractivity (Wildman–Crippen MR) is 47.6 cm³/mol. The maximum atomic E-state index is 12.8. The molecule has 0 atom stereocenters. The molecule has 0 amide bonds. The van der Waals surface area contributed by atoms with E-state index >= 15 is 0 Å². The van der Waals surface area contributed by atoms with Gasteiger partial charge < -0.3 is 10.6 Å². The van der Waals surface area contributed by atoms with Crippen LogP contribution in [0.1, 0.15) is 6.42 Å². The Kier molecular flexibility index (Phi) is 1.64. The molecule has 1 aliphatic rings. The first-order valence-corrected chi connectivity index (χ1v) is 4.07. The van der Waals surface area contributed by atoms with Gasteiger partial charge in [-0.15, -0.1) is 0 Å². The third kappa shape index (κ3) is 1.22. The predicted octanol–water partition coefficient (Wildman–Crippen LogP) is 1.62. The highest BCUT2D eigenvalue weighted by atomic mass is 19.1. The summed E-state index contributed by atoms with van der Waals surface area (Å²) in [5, 5.41) is 0. The Morgan fingerprint density at radius 1 is 1.25 bits per heavy atom. The molecular weight excluding hydrogens is 155 g/mol. The summed E-state index contributed by atoms with van der Waals surface area (Å²) in [4.78, 5) is 2.11. The Balaban J connectivity index is 2.30. The molecule has 64 valence electrons. The van der Waals surface area contributed by atoms with Crippen molar-refractivity contribution in [2.75, 3.05) is 23.7 Å². The van der Waals surface area contributed by atoms with Crippen LogP contribution in [0.25, 0.3) is 0 Å². The standard InChI is InChI=1S/C9H11FN2/c10-7-4-8(11)6-9(5-7)12-2-1-3-12/h4-6H,1-3,11H2. The number of benzene rings is 1. The summed E-state index contributed by atoms with van der Waals surface area (Å²) >= 11 is 0. The quantitative estimate of drug-likeness (QED) is 0.642. The summed E-state index contributed by atoms with van der Waals surface area (Å²) in [6.45, 7) is 2.03. The summed E-state index contributed by atoms with van der Waals surface area (Å²) in [5.74, 6) is -0.253. The van der Waals surface area contributed by atoms with Gasteiger partial charge >= 0.3 is 0 Å². The van der Waals surface area contributed by atoms with E-state index in [1.54, 1.807) is 0 Å². The van der Waals surface area contributed by atoms with Crippen molar-refractivity contribution >= 4 is 11.4 Å². The average Bonchev–Trinajstić information content (AvgIpc) is 1.79. The monoisotopic (exact) mass is 166 g/mol. The normalized spacial score (nSPS) is 15.9. The molecule has 1 aromatic carbocycles. The molecule has 2 N–H and O–H groups in total. The van der Waals surface area contributed by atoms with Crippen molar-refractivity contribution in [1.29, 1.82) is 0 Å². The molecule has 0 unspecified atom stereocenters.